The maximum absolute atomic E-state index is 11.4. The van der Waals surface area contributed by atoms with E-state index in [0.717, 1.165) is 28.3 Å². The molecular weight excluding hydrogens is 338 g/mol. The van der Waals surface area contributed by atoms with Crippen LogP contribution in [-0.2, 0) is 0 Å². The average molecular weight is 361 g/mol. The Morgan fingerprint density at radius 3 is 2.37 bits per heavy atom. The summed E-state index contributed by atoms with van der Waals surface area (Å²) >= 11 is 0. The Bertz CT molecular complexity index is 963. The van der Waals surface area contributed by atoms with Crippen molar-refractivity contribution in [3.05, 3.63) is 77.4 Å². The number of fused-ring (bicyclic) bond motifs is 1. The molecule has 3 aromatic carbocycles. The summed E-state index contributed by atoms with van der Waals surface area (Å²) < 4.78 is 5.72. The summed E-state index contributed by atoms with van der Waals surface area (Å²) in [6.07, 6.45) is 1.06. The normalized spacial score (nSPS) is 13.1. The molecule has 0 saturated heterocycles. The molecule has 0 saturated carbocycles. The van der Waals surface area contributed by atoms with Crippen LogP contribution in [0.5, 0.6) is 5.75 Å². The van der Waals surface area contributed by atoms with E-state index in [-0.39, 0.29) is 11.7 Å². The van der Waals surface area contributed by atoms with Crippen molar-refractivity contribution < 1.29 is 14.6 Å². The van der Waals surface area contributed by atoms with Crippen LogP contribution in [0.25, 0.3) is 10.8 Å². The molecule has 2 unspecified atom stereocenters. The van der Waals surface area contributed by atoms with Crippen LogP contribution in [0.3, 0.4) is 0 Å². The molecule has 3 aromatic rings. The van der Waals surface area contributed by atoms with E-state index in [1.165, 1.54) is 13.1 Å². The number of nitrogens with one attached hydrogen (secondary N) is 1. The van der Waals surface area contributed by atoms with Crippen molar-refractivity contribution in [3.8, 4) is 5.75 Å². The second kappa shape index (κ2) is 8.14. The van der Waals surface area contributed by atoms with Crippen LogP contribution in [0.2, 0.25) is 0 Å². The van der Waals surface area contributed by atoms with E-state index < -0.39 is 6.29 Å². The van der Waals surface area contributed by atoms with Crippen molar-refractivity contribution in [2.24, 2.45) is 0 Å². The average Bonchev–Trinajstić information content (AvgIpc) is 2.68. The van der Waals surface area contributed by atoms with Crippen LogP contribution in [0.15, 0.2) is 60.7 Å². The minimum absolute atomic E-state index is 0.00382. The van der Waals surface area contributed by atoms with Crippen LogP contribution < -0.4 is 4.74 Å². The van der Waals surface area contributed by atoms with Gasteiger partial charge in [0.1, 0.15) is 5.75 Å². The molecule has 0 aliphatic carbocycles. The molecule has 3 rings (SSSR count). The van der Waals surface area contributed by atoms with Gasteiger partial charge in [-0.3, -0.25) is 4.79 Å². The van der Waals surface area contributed by atoms with Crippen LogP contribution in [0.1, 0.15) is 47.7 Å². The van der Waals surface area contributed by atoms with E-state index >= 15 is 0 Å². The molecule has 0 bridgehead atoms. The number of Topliss-reactive ketones (excluding diaryl/α,β-unsaturated/α-hetero) is 1. The fourth-order valence-electron chi connectivity index (χ4n) is 3.19. The molecule has 0 spiro atoms. The second-order valence-electron chi connectivity index (χ2n) is 6.61. The number of hydrogen-bond acceptors (Lipinski definition) is 4. The molecule has 2 atom stereocenters. The predicted molar refractivity (Wildman–Crippen MR) is 108 cm³/mol. The Hall–Kier alpha value is -2.98. The zero-order chi connectivity index (χ0) is 19.4. The molecule has 2 N–H and O–H groups in total. The van der Waals surface area contributed by atoms with Crippen LogP contribution >= 0.6 is 0 Å². The number of ether oxygens (including phenoxy) is 1. The summed E-state index contributed by atoms with van der Waals surface area (Å²) in [6, 6.07) is 18.7. The molecule has 27 heavy (non-hydrogen) atoms. The Labute approximate surface area is 158 Å². The van der Waals surface area contributed by atoms with Gasteiger partial charge in [-0.1, -0.05) is 37.3 Å². The van der Waals surface area contributed by atoms with Gasteiger partial charge in [-0.25, -0.2) is 0 Å². The lowest BCUT2D eigenvalue weighted by atomic mass is 9.93. The zero-order valence-corrected chi connectivity index (χ0v) is 15.5. The van der Waals surface area contributed by atoms with Gasteiger partial charge in [-0.15, -0.1) is 0 Å². The number of carbonyl (C=O) groups is 1. The summed E-state index contributed by atoms with van der Waals surface area (Å²) in [7, 11) is 0. The highest BCUT2D eigenvalue weighted by Gasteiger charge is 2.21. The number of aliphatic hydroxyl groups excluding tert-OH is 1. The van der Waals surface area contributed by atoms with Crippen LogP contribution in [-0.4, -0.2) is 23.4 Å². The van der Waals surface area contributed by atoms with Gasteiger partial charge in [0.25, 0.3) is 0 Å². The summed E-state index contributed by atoms with van der Waals surface area (Å²) in [5, 5.41) is 20.1. The van der Waals surface area contributed by atoms with Crippen LogP contribution in [0.4, 0.5) is 0 Å². The van der Waals surface area contributed by atoms with Crippen molar-refractivity contribution in [1.29, 1.82) is 5.41 Å². The van der Waals surface area contributed by atoms with Gasteiger partial charge < -0.3 is 15.3 Å². The second-order valence-corrected chi connectivity index (χ2v) is 6.61. The molecule has 0 radical (unpaired) electrons. The van der Waals surface area contributed by atoms with Gasteiger partial charge >= 0.3 is 0 Å². The lowest BCUT2D eigenvalue weighted by molar-refractivity contribution is -0.0392. The highest BCUT2D eigenvalue weighted by molar-refractivity contribution is 5.94. The fourth-order valence-corrected chi connectivity index (χ4v) is 3.19. The SMILES string of the molecule is CCC(c1ccc2cc(C=N)ccc2c1)C(O)Oc1ccc(C(C)=O)cc1. The first-order chi connectivity index (χ1) is 13.0. The molecule has 0 amide bonds. The lowest BCUT2D eigenvalue weighted by Crippen LogP contribution is -2.24. The van der Waals surface area contributed by atoms with E-state index in [1.807, 2.05) is 37.3 Å². The van der Waals surface area contributed by atoms with E-state index in [0.29, 0.717) is 11.3 Å². The number of rotatable bonds is 7. The zero-order valence-electron chi connectivity index (χ0n) is 15.5. The van der Waals surface area contributed by atoms with Gasteiger partial charge in [-0.2, -0.15) is 0 Å². The highest BCUT2D eigenvalue weighted by atomic mass is 16.6. The number of hydrogen-bond donors (Lipinski definition) is 2. The third-order valence-corrected chi connectivity index (χ3v) is 4.78. The number of carbonyl (C=O) groups excluding carboxylic acids is 1. The quantitative estimate of drug-likeness (QED) is 0.356. The molecule has 0 fully saturated rings. The van der Waals surface area contributed by atoms with Gasteiger partial charge in [0.15, 0.2) is 5.78 Å². The predicted octanol–water partition coefficient (Wildman–Crippen LogP) is 4.93. The molecule has 0 aliphatic rings. The van der Waals surface area contributed by atoms with E-state index in [1.54, 1.807) is 24.3 Å². The monoisotopic (exact) mass is 361 g/mol. The number of aliphatic hydroxyl groups is 1. The highest BCUT2D eigenvalue weighted by Crippen LogP contribution is 2.29. The smallest absolute Gasteiger partial charge is 0.204 e. The van der Waals surface area contributed by atoms with E-state index in [2.05, 4.69) is 6.07 Å². The van der Waals surface area contributed by atoms with Crippen molar-refractivity contribution in [2.75, 3.05) is 0 Å². The molecule has 4 heteroatoms. The Morgan fingerprint density at radius 2 is 1.74 bits per heavy atom. The Morgan fingerprint density at radius 1 is 1.07 bits per heavy atom. The summed E-state index contributed by atoms with van der Waals surface area (Å²) in [5.41, 5.74) is 2.47. The largest absolute Gasteiger partial charge is 0.464 e. The van der Waals surface area contributed by atoms with Crippen molar-refractivity contribution in [2.45, 2.75) is 32.5 Å². The summed E-state index contributed by atoms with van der Waals surface area (Å²) in [4.78, 5) is 11.4. The fraction of sp³-hybridized carbons (Fsp3) is 0.217. The van der Waals surface area contributed by atoms with Gasteiger partial charge in [0.2, 0.25) is 6.29 Å². The number of benzene rings is 3. The standard InChI is InChI=1S/C23H23NO3/c1-3-22(23(26)27-21-10-8-17(9-11-21)15(2)25)20-7-6-18-12-16(14-24)4-5-19(18)13-20/h4-14,22-24,26H,3H2,1-2H3. The van der Waals surface area contributed by atoms with Gasteiger partial charge in [-0.05, 0) is 65.6 Å². The molecule has 0 aromatic heterocycles. The van der Waals surface area contributed by atoms with Crippen molar-refractivity contribution in [1.82, 2.24) is 0 Å². The third-order valence-electron chi connectivity index (χ3n) is 4.78. The van der Waals surface area contributed by atoms with Gasteiger partial charge in [0, 0.05) is 17.7 Å². The third kappa shape index (κ3) is 4.23. The molecule has 0 heterocycles. The minimum atomic E-state index is -0.989. The van der Waals surface area contributed by atoms with Crippen molar-refractivity contribution in [3.63, 3.8) is 0 Å². The Kier molecular flexibility index (Phi) is 5.67. The maximum Gasteiger partial charge on any atom is 0.204 e. The minimum Gasteiger partial charge on any atom is -0.464 e. The molecule has 0 aliphatic heterocycles. The van der Waals surface area contributed by atoms with Gasteiger partial charge in [0.05, 0.1) is 0 Å². The topological polar surface area (TPSA) is 70.4 Å². The first-order valence-electron chi connectivity index (χ1n) is 9.01. The first-order valence-corrected chi connectivity index (χ1v) is 9.01. The van der Waals surface area contributed by atoms with Crippen molar-refractivity contribution >= 4 is 22.8 Å². The Balaban J connectivity index is 1.81. The first kappa shape index (κ1) is 18.8. The lowest BCUT2D eigenvalue weighted by Gasteiger charge is -2.23. The summed E-state index contributed by atoms with van der Waals surface area (Å²) in [6.45, 7) is 3.53. The molecular formula is C23H23NO3. The summed E-state index contributed by atoms with van der Waals surface area (Å²) in [5.74, 6) is 0.350. The maximum atomic E-state index is 11.4. The number of ketones is 1. The molecule has 138 valence electrons. The van der Waals surface area contributed by atoms with E-state index in [4.69, 9.17) is 10.1 Å². The molecule has 4 nitrogen and oxygen atoms in total. The van der Waals surface area contributed by atoms with Crippen LogP contribution in [0, 0.1) is 5.41 Å². The van der Waals surface area contributed by atoms with E-state index in [9.17, 15) is 9.90 Å².